The predicted octanol–water partition coefficient (Wildman–Crippen LogP) is 2.50. The average molecular weight is 382 g/mol. The summed E-state index contributed by atoms with van der Waals surface area (Å²) >= 11 is 0. The van der Waals surface area contributed by atoms with Gasteiger partial charge in [0.25, 0.3) is 0 Å². The van der Waals surface area contributed by atoms with Crippen LogP contribution in [0.5, 0.6) is 11.5 Å². The van der Waals surface area contributed by atoms with Crippen LogP contribution in [0.25, 0.3) is 10.9 Å². The summed E-state index contributed by atoms with van der Waals surface area (Å²) < 4.78 is 12.8. The normalized spacial score (nSPS) is 10.8. The lowest BCUT2D eigenvalue weighted by molar-refractivity contribution is -0.139. The SMILES string of the molecule is COc1cccc(Cn2c(C)c(CC(N)=O)c3c(OCC(=O)O)cccc32)c1. The molecule has 0 radical (unpaired) electrons. The maximum absolute atomic E-state index is 11.7. The van der Waals surface area contributed by atoms with Crippen molar-refractivity contribution in [2.24, 2.45) is 5.73 Å². The van der Waals surface area contributed by atoms with Gasteiger partial charge in [0.15, 0.2) is 6.61 Å². The Labute approximate surface area is 162 Å². The molecule has 3 N–H and O–H groups in total. The number of carboxylic acids is 1. The van der Waals surface area contributed by atoms with Crippen molar-refractivity contribution in [1.29, 1.82) is 0 Å². The number of carbonyl (C=O) groups excluding carboxylic acids is 1. The molecule has 0 atom stereocenters. The number of hydrogen-bond donors (Lipinski definition) is 2. The van der Waals surface area contributed by atoms with Crippen molar-refractivity contribution in [2.45, 2.75) is 19.9 Å². The summed E-state index contributed by atoms with van der Waals surface area (Å²) in [4.78, 5) is 22.6. The Morgan fingerprint density at radius 2 is 1.93 bits per heavy atom. The zero-order valence-corrected chi connectivity index (χ0v) is 15.8. The fourth-order valence-corrected chi connectivity index (χ4v) is 3.38. The van der Waals surface area contributed by atoms with E-state index in [-0.39, 0.29) is 6.42 Å². The van der Waals surface area contributed by atoms with Crippen molar-refractivity contribution < 1.29 is 24.2 Å². The first kappa shape index (κ1) is 19.3. The van der Waals surface area contributed by atoms with E-state index < -0.39 is 18.5 Å². The van der Waals surface area contributed by atoms with Gasteiger partial charge in [-0.3, -0.25) is 4.79 Å². The van der Waals surface area contributed by atoms with Crippen LogP contribution in [0.4, 0.5) is 0 Å². The molecule has 2 aromatic carbocycles. The van der Waals surface area contributed by atoms with Gasteiger partial charge in [0.05, 0.1) is 19.0 Å². The molecular formula is C21H22N2O5. The Morgan fingerprint density at radius 3 is 2.61 bits per heavy atom. The van der Waals surface area contributed by atoms with Crippen LogP contribution in [0.3, 0.4) is 0 Å². The van der Waals surface area contributed by atoms with Gasteiger partial charge in [0.1, 0.15) is 11.5 Å². The van der Waals surface area contributed by atoms with Gasteiger partial charge in [-0.15, -0.1) is 0 Å². The van der Waals surface area contributed by atoms with E-state index in [4.69, 9.17) is 20.3 Å². The van der Waals surface area contributed by atoms with Crippen LogP contribution in [0.15, 0.2) is 42.5 Å². The van der Waals surface area contributed by atoms with Crippen molar-refractivity contribution in [1.82, 2.24) is 4.57 Å². The third-order valence-corrected chi connectivity index (χ3v) is 4.62. The molecule has 1 heterocycles. The number of methoxy groups -OCH3 is 1. The van der Waals surface area contributed by atoms with Crippen LogP contribution in [0.2, 0.25) is 0 Å². The molecule has 146 valence electrons. The fraction of sp³-hybridized carbons (Fsp3) is 0.238. The number of primary amides is 1. The molecule has 28 heavy (non-hydrogen) atoms. The summed E-state index contributed by atoms with van der Waals surface area (Å²) in [5.74, 6) is -0.351. The van der Waals surface area contributed by atoms with E-state index in [9.17, 15) is 9.59 Å². The number of hydrogen-bond acceptors (Lipinski definition) is 4. The predicted molar refractivity (Wildman–Crippen MR) is 105 cm³/mol. The first-order valence-electron chi connectivity index (χ1n) is 8.77. The molecule has 7 nitrogen and oxygen atoms in total. The molecule has 0 spiro atoms. The maximum atomic E-state index is 11.7. The van der Waals surface area contributed by atoms with Crippen molar-refractivity contribution in [2.75, 3.05) is 13.7 Å². The van der Waals surface area contributed by atoms with Crippen LogP contribution in [0.1, 0.15) is 16.8 Å². The minimum atomic E-state index is -1.07. The third kappa shape index (κ3) is 3.93. The number of fused-ring (bicyclic) bond motifs is 1. The van der Waals surface area contributed by atoms with Crippen LogP contribution >= 0.6 is 0 Å². The number of carboxylic acid groups (broad SMARTS) is 1. The molecule has 1 aromatic heterocycles. The highest BCUT2D eigenvalue weighted by Gasteiger charge is 2.20. The number of amides is 1. The first-order valence-corrected chi connectivity index (χ1v) is 8.77. The summed E-state index contributed by atoms with van der Waals surface area (Å²) in [5.41, 5.74) is 8.95. The largest absolute Gasteiger partial charge is 0.497 e. The van der Waals surface area contributed by atoms with Gasteiger partial charge in [-0.05, 0) is 42.3 Å². The van der Waals surface area contributed by atoms with Crippen molar-refractivity contribution in [3.63, 3.8) is 0 Å². The monoisotopic (exact) mass is 382 g/mol. The fourth-order valence-electron chi connectivity index (χ4n) is 3.38. The van der Waals surface area contributed by atoms with E-state index in [1.807, 2.05) is 37.3 Å². The Hall–Kier alpha value is -3.48. The van der Waals surface area contributed by atoms with Gasteiger partial charge in [-0.1, -0.05) is 18.2 Å². The Bertz CT molecular complexity index is 1040. The lowest BCUT2D eigenvalue weighted by atomic mass is 10.1. The van der Waals surface area contributed by atoms with E-state index in [0.29, 0.717) is 17.7 Å². The molecule has 0 bridgehead atoms. The Kier molecular flexibility index (Phi) is 5.54. The summed E-state index contributed by atoms with van der Waals surface area (Å²) in [7, 11) is 1.62. The van der Waals surface area contributed by atoms with Crippen molar-refractivity contribution >= 4 is 22.8 Å². The number of benzene rings is 2. The number of nitrogens with two attached hydrogens (primary N) is 1. The molecule has 0 aliphatic heterocycles. The molecule has 0 aliphatic carbocycles. The molecule has 0 saturated carbocycles. The highest BCUT2D eigenvalue weighted by atomic mass is 16.5. The lowest BCUT2D eigenvalue weighted by Crippen LogP contribution is -2.15. The third-order valence-electron chi connectivity index (χ3n) is 4.62. The molecule has 1 amide bonds. The van der Waals surface area contributed by atoms with Crippen LogP contribution in [-0.4, -0.2) is 35.3 Å². The molecular weight excluding hydrogens is 360 g/mol. The first-order chi connectivity index (χ1) is 13.4. The molecule has 0 unspecified atom stereocenters. The van der Waals surface area contributed by atoms with Crippen LogP contribution in [0, 0.1) is 6.92 Å². The second kappa shape index (κ2) is 8.04. The van der Waals surface area contributed by atoms with E-state index in [0.717, 1.165) is 28.1 Å². The second-order valence-corrected chi connectivity index (χ2v) is 6.48. The number of aliphatic carboxylic acids is 1. The molecule has 0 aliphatic rings. The quantitative estimate of drug-likeness (QED) is 0.623. The van der Waals surface area contributed by atoms with E-state index in [1.54, 1.807) is 19.2 Å². The van der Waals surface area contributed by atoms with E-state index in [2.05, 4.69) is 4.57 Å². The number of carbonyl (C=O) groups is 2. The van der Waals surface area contributed by atoms with Crippen molar-refractivity contribution in [3.8, 4) is 11.5 Å². The Balaban J connectivity index is 2.14. The average Bonchev–Trinajstić information content (AvgIpc) is 2.92. The lowest BCUT2D eigenvalue weighted by Gasteiger charge is -2.10. The molecule has 0 fully saturated rings. The van der Waals surface area contributed by atoms with Crippen LogP contribution in [-0.2, 0) is 22.6 Å². The van der Waals surface area contributed by atoms with Crippen molar-refractivity contribution in [3.05, 3.63) is 59.3 Å². The van der Waals surface area contributed by atoms with Gasteiger partial charge in [0, 0.05) is 17.6 Å². The minimum Gasteiger partial charge on any atom is -0.497 e. The molecule has 3 rings (SSSR count). The topological polar surface area (TPSA) is 104 Å². The highest BCUT2D eigenvalue weighted by molar-refractivity contribution is 5.94. The smallest absolute Gasteiger partial charge is 0.341 e. The second-order valence-electron chi connectivity index (χ2n) is 6.48. The van der Waals surface area contributed by atoms with Gasteiger partial charge in [-0.25, -0.2) is 4.79 Å². The number of nitrogens with zero attached hydrogens (tertiary/aromatic N) is 1. The molecule has 0 saturated heterocycles. The number of ether oxygens (including phenoxy) is 2. The zero-order valence-electron chi connectivity index (χ0n) is 15.8. The maximum Gasteiger partial charge on any atom is 0.341 e. The Morgan fingerprint density at radius 1 is 1.18 bits per heavy atom. The van der Waals surface area contributed by atoms with Gasteiger partial charge in [0.2, 0.25) is 5.91 Å². The van der Waals surface area contributed by atoms with Crippen LogP contribution < -0.4 is 15.2 Å². The van der Waals surface area contributed by atoms with E-state index in [1.165, 1.54) is 0 Å². The summed E-state index contributed by atoms with van der Waals surface area (Å²) in [5, 5.41) is 9.66. The highest BCUT2D eigenvalue weighted by Crippen LogP contribution is 2.34. The minimum absolute atomic E-state index is 0.0425. The molecule has 3 aromatic rings. The summed E-state index contributed by atoms with van der Waals surface area (Å²) in [6.07, 6.45) is 0.0425. The molecule has 7 heteroatoms. The van der Waals surface area contributed by atoms with Gasteiger partial charge >= 0.3 is 5.97 Å². The summed E-state index contributed by atoms with van der Waals surface area (Å²) in [6, 6.07) is 13.2. The summed E-state index contributed by atoms with van der Waals surface area (Å²) in [6.45, 7) is 2.01. The van der Waals surface area contributed by atoms with Gasteiger partial charge < -0.3 is 24.9 Å². The number of rotatable bonds is 8. The van der Waals surface area contributed by atoms with E-state index >= 15 is 0 Å². The number of aromatic nitrogens is 1. The van der Waals surface area contributed by atoms with Gasteiger partial charge in [-0.2, -0.15) is 0 Å². The zero-order chi connectivity index (χ0) is 20.3. The standard InChI is InChI=1S/C21H22N2O5/c1-13-16(10-19(22)24)21-17(7-4-8-18(21)28-12-20(25)26)23(13)11-14-5-3-6-15(9-14)27-2/h3-9H,10-12H2,1-2H3,(H2,22,24)(H,25,26).